The number of amides is 1. The molecule has 1 aromatic rings. The number of rotatable bonds is 4. The summed E-state index contributed by atoms with van der Waals surface area (Å²) in [7, 11) is 1.53. The van der Waals surface area contributed by atoms with Gasteiger partial charge in [-0.15, -0.1) is 0 Å². The van der Waals surface area contributed by atoms with Gasteiger partial charge in [0.2, 0.25) is 5.91 Å². The zero-order chi connectivity index (χ0) is 13.0. The predicted molar refractivity (Wildman–Crippen MR) is 68.6 cm³/mol. The molecule has 2 heterocycles. The molecule has 6 nitrogen and oxygen atoms in total. The molecule has 0 aromatic carbocycles. The monoisotopic (exact) mass is 252 g/mol. The number of ether oxygens (including phenoxy) is 1. The minimum absolute atomic E-state index is 0.0356. The fraction of sp³-hybridized carbons (Fsp3) is 0.667. The van der Waals surface area contributed by atoms with Crippen LogP contribution >= 0.6 is 0 Å². The van der Waals surface area contributed by atoms with Crippen molar-refractivity contribution in [2.75, 3.05) is 31.7 Å². The van der Waals surface area contributed by atoms with Crippen LogP contribution in [0.4, 0.5) is 5.82 Å². The molecule has 0 atom stereocenters. The Hall–Kier alpha value is -1.56. The Kier molecular flexibility index (Phi) is 4.19. The number of aromatic nitrogens is 2. The van der Waals surface area contributed by atoms with Crippen molar-refractivity contribution in [1.29, 1.82) is 0 Å². The predicted octanol–water partition coefficient (Wildman–Crippen LogP) is 0.450. The summed E-state index contributed by atoms with van der Waals surface area (Å²) in [5.41, 5.74) is 1.07. The van der Waals surface area contributed by atoms with Crippen molar-refractivity contribution in [2.45, 2.75) is 25.8 Å². The molecular weight excluding hydrogens is 232 g/mol. The second-order valence-electron chi connectivity index (χ2n) is 4.67. The molecule has 1 amide bonds. The van der Waals surface area contributed by atoms with E-state index < -0.39 is 0 Å². The lowest BCUT2D eigenvalue weighted by Gasteiger charge is -2.32. The zero-order valence-electron chi connectivity index (χ0n) is 10.9. The first kappa shape index (κ1) is 12.9. The Morgan fingerprint density at radius 2 is 2.33 bits per heavy atom. The number of H-pyrrole nitrogens is 1. The Morgan fingerprint density at radius 1 is 1.61 bits per heavy atom. The first-order chi connectivity index (χ1) is 8.69. The normalized spacial score (nSPS) is 16.9. The van der Waals surface area contributed by atoms with Gasteiger partial charge >= 0.3 is 0 Å². The molecule has 0 spiro atoms. The quantitative estimate of drug-likeness (QED) is 0.816. The fourth-order valence-electron chi connectivity index (χ4n) is 2.22. The number of aromatic amines is 1. The van der Waals surface area contributed by atoms with E-state index in [1.807, 2.05) is 13.0 Å². The summed E-state index contributed by atoms with van der Waals surface area (Å²) in [6, 6.07) is 2.30. The van der Waals surface area contributed by atoms with Crippen molar-refractivity contribution in [2.24, 2.45) is 0 Å². The van der Waals surface area contributed by atoms with E-state index in [1.165, 1.54) is 7.11 Å². The third-order valence-electron chi connectivity index (χ3n) is 3.15. The second kappa shape index (κ2) is 5.86. The van der Waals surface area contributed by atoms with Gasteiger partial charge in [0, 0.05) is 38.0 Å². The molecule has 0 unspecified atom stereocenters. The summed E-state index contributed by atoms with van der Waals surface area (Å²) in [5.74, 6) is 0.959. The maximum absolute atomic E-state index is 11.4. The van der Waals surface area contributed by atoms with Gasteiger partial charge in [0.25, 0.3) is 0 Å². The van der Waals surface area contributed by atoms with Gasteiger partial charge in [-0.3, -0.25) is 9.89 Å². The van der Waals surface area contributed by atoms with Gasteiger partial charge < -0.3 is 15.0 Å². The van der Waals surface area contributed by atoms with Crippen LogP contribution in [0.25, 0.3) is 0 Å². The molecule has 0 aliphatic carbocycles. The van der Waals surface area contributed by atoms with Crippen molar-refractivity contribution in [1.82, 2.24) is 15.5 Å². The largest absolute Gasteiger partial charge is 0.375 e. The third kappa shape index (κ3) is 3.22. The molecule has 1 aliphatic heterocycles. The van der Waals surface area contributed by atoms with Gasteiger partial charge in [-0.2, -0.15) is 5.10 Å². The summed E-state index contributed by atoms with van der Waals surface area (Å²) in [6.07, 6.45) is 1.89. The van der Waals surface area contributed by atoms with E-state index in [9.17, 15) is 4.79 Å². The van der Waals surface area contributed by atoms with Gasteiger partial charge in [-0.1, -0.05) is 0 Å². The molecule has 2 rings (SSSR count). The van der Waals surface area contributed by atoms with Crippen molar-refractivity contribution in [3.8, 4) is 0 Å². The highest BCUT2D eigenvalue weighted by atomic mass is 16.5. The van der Waals surface area contributed by atoms with Crippen LogP contribution in [0.3, 0.4) is 0 Å². The van der Waals surface area contributed by atoms with Gasteiger partial charge in [-0.25, -0.2) is 0 Å². The Bertz CT molecular complexity index is 397. The van der Waals surface area contributed by atoms with E-state index in [-0.39, 0.29) is 18.6 Å². The smallest absolute Gasteiger partial charge is 0.246 e. The highest BCUT2D eigenvalue weighted by Crippen LogP contribution is 2.18. The van der Waals surface area contributed by atoms with Crippen molar-refractivity contribution in [3.63, 3.8) is 0 Å². The molecule has 0 bridgehead atoms. The van der Waals surface area contributed by atoms with Crippen LogP contribution in [0.2, 0.25) is 0 Å². The lowest BCUT2D eigenvalue weighted by atomic mass is 10.1. The number of methoxy groups -OCH3 is 1. The van der Waals surface area contributed by atoms with Crippen molar-refractivity contribution >= 4 is 11.7 Å². The summed E-state index contributed by atoms with van der Waals surface area (Å²) >= 11 is 0. The van der Waals surface area contributed by atoms with Crippen LogP contribution < -0.4 is 10.2 Å². The van der Waals surface area contributed by atoms with E-state index in [1.54, 1.807) is 0 Å². The number of aryl methyl sites for hydroxylation is 1. The molecular formula is C12H20N4O2. The molecule has 18 heavy (non-hydrogen) atoms. The topological polar surface area (TPSA) is 70.2 Å². The molecule has 1 aromatic heterocycles. The first-order valence-electron chi connectivity index (χ1n) is 6.24. The summed E-state index contributed by atoms with van der Waals surface area (Å²) in [6.45, 7) is 3.97. The number of hydrogen-bond donors (Lipinski definition) is 2. The Labute approximate surface area is 107 Å². The average molecular weight is 252 g/mol. The maximum Gasteiger partial charge on any atom is 0.246 e. The number of nitrogens with zero attached hydrogens (tertiary/aromatic N) is 2. The van der Waals surface area contributed by atoms with E-state index >= 15 is 0 Å². The lowest BCUT2D eigenvalue weighted by molar-refractivity contribution is -0.125. The number of anilines is 1. The van der Waals surface area contributed by atoms with Gasteiger partial charge in [0.15, 0.2) is 5.82 Å². The van der Waals surface area contributed by atoms with Crippen LogP contribution in [0, 0.1) is 6.92 Å². The summed E-state index contributed by atoms with van der Waals surface area (Å²) in [4.78, 5) is 13.6. The average Bonchev–Trinajstić information content (AvgIpc) is 2.77. The first-order valence-corrected chi connectivity index (χ1v) is 6.24. The molecule has 6 heteroatoms. The van der Waals surface area contributed by atoms with Gasteiger partial charge in [0.1, 0.15) is 6.61 Å². The van der Waals surface area contributed by atoms with Gasteiger partial charge in [0.05, 0.1) is 0 Å². The van der Waals surface area contributed by atoms with Crippen molar-refractivity contribution < 1.29 is 9.53 Å². The number of nitrogens with one attached hydrogen (secondary N) is 2. The highest BCUT2D eigenvalue weighted by Gasteiger charge is 2.21. The van der Waals surface area contributed by atoms with Crippen LogP contribution in [0.5, 0.6) is 0 Å². The molecule has 1 aliphatic rings. The minimum atomic E-state index is -0.0356. The molecule has 0 radical (unpaired) electrons. The second-order valence-corrected chi connectivity index (χ2v) is 4.67. The minimum Gasteiger partial charge on any atom is -0.375 e. The summed E-state index contributed by atoms with van der Waals surface area (Å²) < 4.78 is 4.80. The van der Waals surface area contributed by atoms with Crippen molar-refractivity contribution in [3.05, 3.63) is 11.8 Å². The van der Waals surface area contributed by atoms with Crippen LogP contribution in [0.1, 0.15) is 18.5 Å². The van der Waals surface area contributed by atoms with E-state index in [0.29, 0.717) is 0 Å². The standard InChI is InChI=1S/C12H20N4O2/c1-9-7-11(15-14-9)16-5-3-10(4-6-16)13-12(17)8-18-2/h7,10H,3-6,8H2,1-2H3,(H,13,17)(H,14,15). The highest BCUT2D eigenvalue weighted by molar-refractivity contribution is 5.77. The number of hydrogen-bond acceptors (Lipinski definition) is 4. The number of carbonyl (C=O) groups excluding carboxylic acids is 1. The van der Waals surface area contributed by atoms with E-state index in [0.717, 1.165) is 37.4 Å². The van der Waals surface area contributed by atoms with Crippen LogP contribution in [-0.2, 0) is 9.53 Å². The summed E-state index contributed by atoms with van der Waals surface area (Å²) in [5, 5.41) is 10.2. The molecule has 2 N–H and O–H groups in total. The molecule has 1 fully saturated rings. The Morgan fingerprint density at radius 3 is 2.89 bits per heavy atom. The molecule has 0 saturated carbocycles. The number of carbonyl (C=O) groups is 1. The molecule has 1 saturated heterocycles. The van der Waals surface area contributed by atoms with E-state index in [4.69, 9.17) is 4.74 Å². The third-order valence-corrected chi connectivity index (χ3v) is 3.15. The Balaban J connectivity index is 1.79. The lowest BCUT2D eigenvalue weighted by Crippen LogP contribution is -2.45. The van der Waals surface area contributed by atoms with Crippen LogP contribution in [-0.4, -0.2) is 49.0 Å². The number of piperidine rings is 1. The fourth-order valence-corrected chi connectivity index (χ4v) is 2.22. The van der Waals surface area contributed by atoms with Crippen LogP contribution in [0.15, 0.2) is 6.07 Å². The van der Waals surface area contributed by atoms with Gasteiger partial charge in [-0.05, 0) is 19.8 Å². The SMILES string of the molecule is COCC(=O)NC1CCN(c2cc(C)[nH]n2)CC1. The van der Waals surface area contributed by atoms with E-state index in [2.05, 4.69) is 20.4 Å². The molecule has 100 valence electrons. The maximum atomic E-state index is 11.4. The zero-order valence-corrected chi connectivity index (χ0v) is 10.9.